The number of rotatable bonds is 6. The summed E-state index contributed by atoms with van der Waals surface area (Å²) in [6, 6.07) is 9.90. The van der Waals surface area contributed by atoms with Crippen molar-refractivity contribution in [2.24, 2.45) is 0 Å². The smallest absolute Gasteiger partial charge is 0.271 e. The van der Waals surface area contributed by atoms with E-state index in [9.17, 15) is 4.79 Å². The van der Waals surface area contributed by atoms with Crippen LogP contribution in [0.25, 0.3) is 16.3 Å². The summed E-state index contributed by atoms with van der Waals surface area (Å²) in [6.07, 6.45) is 5.65. The van der Waals surface area contributed by atoms with Crippen LogP contribution in [0.5, 0.6) is 0 Å². The maximum absolute atomic E-state index is 12.4. The first-order chi connectivity index (χ1) is 12.0. The Morgan fingerprint density at radius 2 is 2.04 bits per heavy atom. The van der Waals surface area contributed by atoms with Gasteiger partial charge in [-0.1, -0.05) is 31.5 Å². The van der Waals surface area contributed by atoms with Gasteiger partial charge in [-0.05, 0) is 32.4 Å². The van der Waals surface area contributed by atoms with Gasteiger partial charge in [-0.25, -0.2) is 9.67 Å². The van der Waals surface area contributed by atoms with E-state index >= 15 is 0 Å². The van der Waals surface area contributed by atoms with Crippen molar-refractivity contribution in [3.63, 3.8) is 0 Å². The SMILES string of the molecule is CCCC(C)(C)NC(=O)c1csc(-c2cnn(-c3ccccc3)c2)n1. The van der Waals surface area contributed by atoms with Crippen molar-refractivity contribution in [3.8, 4) is 16.3 Å². The van der Waals surface area contributed by atoms with E-state index in [0.717, 1.165) is 29.1 Å². The largest absolute Gasteiger partial charge is 0.346 e. The van der Waals surface area contributed by atoms with Crippen LogP contribution in [0, 0.1) is 0 Å². The summed E-state index contributed by atoms with van der Waals surface area (Å²) in [5.41, 5.74) is 2.12. The van der Waals surface area contributed by atoms with Gasteiger partial charge in [-0.3, -0.25) is 4.79 Å². The summed E-state index contributed by atoms with van der Waals surface area (Å²) in [5, 5.41) is 10.0. The first-order valence-corrected chi connectivity index (χ1v) is 9.25. The van der Waals surface area contributed by atoms with Crippen molar-refractivity contribution in [1.29, 1.82) is 0 Å². The number of hydrogen-bond acceptors (Lipinski definition) is 4. The van der Waals surface area contributed by atoms with Crippen LogP contribution in [0.3, 0.4) is 0 Å². The van der Waals surface area contributed by atoms with E-state index in [1.165, 1.54) is 11.3 Å². The maximum Gasteiger partial charge on any atom is 0.271 e. The zero-order chi connectivity index (χ0) is 17.9. The molecule has 0 saturated carbocycles. The minimum Gasteiger partial charge on any atom is -0.346 e. The minimum atomic E-state index is -0.228. The van der Waals surface area contributed by atoms with Gasteiger partial charge in [0.15, 0.2) is 0 Å². The van der Waals surface area contributed by atoms with Crippen molar-refractivity contribution in [2.45, 2.75) is 39.2 Å². The maximum atomic E-state index is 12.4. The third kappa shape index (κ3) is 4.14. The van der Waals surface area contributed by atoms with Crippen LogP contribution in [0.15, 0.2) is 48.1 Å². The van der Waals surface area contributed by atoms with Gasteiger partial charge in [0.05, 0.1) is 11.9 Å². The van der Waals surface area contributed by atoms with Crippen LogP contribution < -0.4 is 5.32 Å². The molecular weight excluding hydrogens is 332 g/mol. The highest BCUT2D eigenvalue weighted by Gasteiger charge is 2.22. The quantitative estimate of drug-likeness (QED) is 0.718. The fraction of sp³-hybridized carbons (Fsp3) is 0.316. The van der Waals surface area contributed by atoms with Crippen molar-refractivity contribution in [1.82, 2.24) is 20.1 Å². The van der Waals surface area contributed by atoms with Crippen molar-refractivity contribution in [2.75, 3.05) is 0 Å². The van der Waals surface area contributed by atoms with Gasteiger partial charge in [-0.15, -0.1) is 11.3 Å². The highest BCUT2D eigenvalue weighted by atomic mass is 32.1. The molecular formula is C19H22N4OS. The van der Waals surface area contributed by atoms with E-state index in [-0.39, 0.29) is 11.4 Å². The van der Waals surface area contributed by atoms with E-state index in [0.29, 0.717) is 5.69 Å². The van der Waals surface area contributed by atoms with Crippen LogP contribution in [0.1, 0.15) is 44.1 Å². The second-order valence-electron chi connectivity index (χ2n) is 6.64. The van der Waals surface area contributed by atoms with Crippen LogP contribution in [-0.4, -0.2) is 26.2 Å². The fourth-order valence-electron chi connectivity index (χ4n) is 2.72. The number of carbonyl (C=O) groups is 1. The molecule has 130 valence electrons. The van der Waals surface area contributed by atoms with Crippen molar-refractivity contribution in [3.05, 3.63) is 53.8 Å². The second-order valence-corrected chi connectivity index (χ2v) is 7.49. The minimum absolute atomic E-state index is 0.128. The highest BCUT2D eigenvalue weighted by molar-refractivity contribution is 7.13. The molecule has 1 aromatic carbocycles. The highest BCUT2D eigenvalue weighted by Crippen LogP contribution is 2.24. The lowest BCUT2D eigenvalue weighted by Gasteiger charge is -2.25. The van der Waals surface area contributed by atoms with Crippen LogP contribution >= 0.6 is 11.3 Å². The van der Waals surface area contributed by atoms with Gasteiger partial charge in [0, 0.05) is 22.7 Å². The van der Waals surface area contributed by atoms with E-state index in [1.807, 2.05) is 50.4 Å². The molecule has 0 spiro atoms. The lowest BCUT2D eigenvalue weighted by molar-refractivity contribution is 0.0904. The molecule has 3 rings (SSSR count). The second kappa shape index (κ2) is 7.19. The number of aromatic nitrogens is 3. The van der Waals surface area contributed by atoms with E-state index < -0.39 is 0 Å². The molecule has 0 aliphatic rings. The molecule has 0 atom stereocenters. The molecule has 1 amide bonds. The number of hydrogen-bond donors (Lipinski definition) is 1. The normalized spacial score (nSPS) is 11.5. The van der Waals surface area contributed by atoms with Crippen LogP contribution in [0.4, 0.5) is 0 Å². The number of carbonyl (C=O) groups excluding carboxylic acids is 1. The third-order valence-corrected chi connectivity index (χ3v) is 4.81. The number of para-hydroxylation sites is 1. The number of benzene rings is 1. The summed E-state index contributed by atoms with van der Waals surface area (Å²) >= 11 is 1.45. The molecule has 0 aliphatic carbocycles. The predicted molar refractivity (Wildman–Crippen MR) is 101 cm³/mol. The summed E-state index contributed by atoms with van der Waals surface area (Å²) in [6.45, 7) is 6.18. The molecule has 2 heterocycles. The number of thiazole rings is 1. The average Bonchev–Trinajstić information content (AvgIpc) is 3.24. The Balaban J connectivity index is 1.76. The number of nitrogens with one attached hydrogen (secondary N) is 1. The molecule has 6 heteroatoms. The molecule has 0 aliphatic heterocycles. The van der Waals surface area contributed by atoms with Crippen molar-refractivity contribution < 1.29 is 4.79 Å². The van der Waals surface area contributed by atoms with Gasteiger partial charge in [0.1, 0.15) is 10.7 Å². The number of nitrogens with zero attached hydrogens (tertiary/aromatic N) is 3. The molecule has 5 nitrogen and oxygen atoms in total. The van der Waals surface area contributed by atoms with Crippen LogP contribution in [0.2, 0.25) is 0 Å². The predicted octanol–water partition coefficient (Wildman–Crippen LogP) is 4.30. The Bertz CT molecular complexity index is 851. The monoisotopic (exact) mass is 354 g/mol. The van der Waals surface area contributed by atoms with E-state index in [4.69, 9.17) is 0 Å². The molecule has 25 heavy (non-hydrogen) atoms. The summed E-state index contributed by atoms with van der Waals surface area (Å²) in [4.78, 5) is 16.9. The molecule has 0 radical (unpaired) electrons. The molecule has 0 unspecified atom stereocenters. The summed E-state index contributed by atoms with van der Waals surface area (Å²) in [7, 11) is 0. The lowest BCUT2D eigenvalue weighted by atomic mass is 9.99. The summed E-state index contributed by atoms with van der Waals surface area (Å²) in [5.74, 6) is -0.128. The van der Waals surface area contributed by atoms with Gasteiger partial charge >= 0.3 is 0 Å². The summed E-state index contributed by atoms with van der Waals surface area (Å²) < 4.78 is 1.81. The molecule has 0 bridgehead atoms. The molecule has 0 fully saturated rings. The molecule has 1 N–H and O–H groups in total. The van der Waals surface area contributed by atoms with Gasteiger partial charge in [0.2, 0.25) is 0 Å². The van der Waals surface area contributed by atoms with Gasteiger partial charge in [-0.2, -0.15) is 5.10 Å². The Morgan fingerprint density at radius 1 is 1.28 bits per heavy atom. The molecule has 3 aromatic rings. The lowest BCUT2D eigenvalue weighted by Crippen LogP contribution is -2.43. The standard InChI is InChI=1S/C19H22N4OS/c1-4-10-19(2,3)22-17(24)16-13-25-18(21-16)14-11-20-23(12-14)15-8-6-5-7-9-15/h5-9,11-13H,4,10H2,1-3H3,(H,22,24). The van der Waals surface area contributed by atoms with E-state index in [2.05, 4.69) is 22.3 Å². The Labute approximate surface area is 151 Å². The molecule has 2 aromatic heterocycles. The van der Waals surface area contributed by atoms with Crippen molar-refractivity contribution >= 4 is 17.2 Å². The first kappa shape index (κ1) is 17.4. The Hall–Kier alpha value is -2.47. The van der Waals surface area contributed by atoms with Gasteiger partial charge in [0.25, 0.3) is 5.91 Å². The first-order valence-electron chi connectivity index (χ1n) is 8.37. The fourth-order valence-corrected chi connectivity index (χ4v) is 3.50. The number of amides is 1. The molecule has 0 saturated heterocycles. The zero-order valence-electron chi connectivity index (χ0n) is 14.7. The third-order valence-electron chi connectivity index (χ3n) is 3.91. The average molecular weight is 354 g/mol. The Morgan fingerprint density at radius 3 is 2.76 bits per heavy atom. The van der Waals surface area contributed by atoms with Gasteiger partial charge < -0.3 is 5.32 Å². The van der Waals surface area contributed by atoms with Crippen LogP contribution in [-0.2, 0) is 0 Å². The zero-order valence-corrected chi connectivity index (χ0v) is 15.5. The Kier molecular flexibility index (Phi) is 4.99. The van der Waals surface area contributed by atoms with E-state index in [1.54, 1.807) is 16.3 Å². The topological polar surface area (TPSA) is 59.8 Å².